The van der Waals surface area contributed by atoms with Crippen LogP contribution in [0.3, 0.4) is 0 Å². The second kappa shape index (κ2) is 8.14. The van der Waals surface area contributed by atoms with E-state index in [-0.39, 0.29) is 5.91 Å². The molecule has 1 aliphatic heterocycles. The number of fused-ring (bicyclic) bond motifs is 1. The number of carbonyl (C=O) groups is 1. The molecule has 0 saturated heterocycles. The highest BCUT2D eigenvalue weighted by Crippen LogP contribution is 2.28. The molecule has 0 fully saturated rings. The molecule has 4 rings (SSSR count). The highest BCUT2D eigenvalue weighted by molar-refractivity contribution is 7.99. The molecule has 0 unspecified atom stereocenters. The Kier molecular flexibility index (Phi) is 5.43. The molecule has 3 aromatic rings. The first-order chi connectivity index (χ1) is 13.6. The molecule has 1 aliphatic rings. The predicted octanol–water partition coefficient (Wildman–Crippen LogP) is 3.86. The number of hydrogen-bond donors (Lipinski definition) is 0. The fourth-order valence-corrected chi connectivity index (χ4v) is 4.21. The van der Waals surface area contributed by atoms with E-state index >= 15 is 0 Å². The molecule has 0 bridgehead atoms. The number of aromatic nitrogens is 4. The molecule has 2 aromatic carbocycles. The van der Waals surface area contributed by atoms with Crippen molar-refractivity contribution in [2.24, 2.45) is 0 Å². The number of anilines is 1. The van der Waals surface area contributed by atoms with E-state index in [1.807, 2.05) is 35.2 Å². The van der Waals surface area contributed by atoms with Crippen LogP contribution in [0.1, 0.15) is 37.3 Å². The minimum Gasteiger partial charge on any atom is -0.312 e. The molecule has 7 heteroatoms. The smallest absolute Gasteiger partial charge is 0.227 e. The van der Waals surface area contributed by atoms with E-state index < -0.39 is 0 Å². The normalized spacial score (nSPS) is 13.2. The minimum absolute atomic E-state index is 0.151. The quantitative estimate of drug-likeness (QED) is 0.595. The zero-order valence-corrected chi connectivity index (χ0v) is 16.9. The average molecular weight is 394 g/mol. The molecule has 0 spiro atoms. The lowest BCUT2D eigenvalue weighted by atomic mass is 10.0. The van der Waals surface area contributed by atoms with E-state index in [1.165, 1.54) is 22.9 Å². The van der Waals surface area contributed by atoms with Crippen molar-refractivity contribution in [3.8, 4) is 5.69 Å². The van der Waals surface area contributed by atoms with Gasteiger partial charge in [0, 0.05) is 24.4 Å². The summed E-state index contributed by atoms with van der Waals surface area (Å²) in [6.07, 6.45) is 1.39. The van der Waals surface area contributed by atoms with Gasteiger partial charge < -0.3 is 4.90 Å². The molecule has 144 valence electrons. The van der Waals surface area contributed by atoms with Gasteiger partial charge in [0.15, 0.2) is 0 Å². The van der Waals surface area contributed by atoms with E-state index in [9.17, 15) is 4.79 Å². The lowest BCUT2D eigenvalue weighted by Gasteiger charge is -2.17. The van der Waals surface area contributed by atoms with Crippen LogP contribution in [0.15, 0.2) is 53.7 Å². The maximum Gasteiger partial charge on any atom is 0.227 e. The summed E-state index contributed by atoms with van der Waals surface area (Å²) in [4.78, 5) is 14.5. The van der Waals surface area contributed by atoms with E-state index in [2.05, 4.69) is 47.6 Å². The number of carbonyl (C=O) groups excluding carboxylic acids is 1. The maximum atomic E-state index is 12.6. The first-order valence-corrected chi connectivity index (χ1v) is 10.5. The van der Waals surface area contributed by atoms with Crippen molar-refractivity contribution >= 4 is 23.4 Å². The number of nitrogens with zero attached hydrogens (tertiary/aromatic N) is 5. The third-order valence-electron chi connectivity index (χ3n) is 4.98. The molecule has 1 amide bonds. The van der Waals surface area contributed by atoms with Crippen LogP contribution in [0.4, 0.5) is 5.69 Å². The molecule has 0 radical (unpaired) electrons. The number of amides is 1. The van der Waals surface area contributed by atoms with Crippen molar-refractivity contribution in [3.63, 3.8) is 0 Å². The summed E-state index contributed by atoms with van der Waals surface area (Å²) in [5.74, 6) is 1.28. The van der Waals surface area contributed by atoms with Crippen molar-refractivity contribution in [3.05, 3.63) is 59.7 Å². The third-order valence-corrected chi connectivity index (χ3v) is 5.90. The first kappa shape index (κ1) is 18.7. The van der Waals surface area contributed by atoms with Gasteiger partial charge in [-0.25, -0.2) is 0 Å². The van der Waals surface area contributed by atoms with E-state index in [4.69, 9.17) is 0 Å². The Hall–Kier alpha value is -2.67. The summed E-state index contributed by atoms with van der Waals surface area (Å²) < 4.78 is 1.73. The van der Waals surface area contributed by atoms with Crippen LogP contribution in [0, 0.1) is 0 Å². The molecular weight excluding hydrogens is 370 g/mol. The van der Waals surface area contributed by atoms with Crippen molar-refractivity contribution in [2.75, 3.05) is 17.2 Å². The fraction of sp³-hybridized carbons (Fsp3) is 0.333. The predicted molar refractivity (Wildman–Crippen MR) is 111 cm³/mol. The van der Waals surface area contributed by atoms with E-state index in [1.54, 1.807) is 4.68 Å². The molecule has 0 aliphatic carbocycles. The number of rotatable bonds is 6. The lowest BCUT2D eigenvalue weighted by molar-refractivity contribution is -0.118. The van der Waals surface area contributed by atoms with Gasteiger partial charge in [-0.2, -0.15) is 4.68 Å². The standard InChI is InChI=1S/C21H23N5OS/c1-15(2)16-7-9-18(10-8-16)26-21(22-23-24-26)28-14-12-20(27)25-13-11-17-5-3-4-6-19(17)25/h3-10,15H,11-14H2,1-2H3. The Morgan fingerprint density at radius 2 is 1.93 bits per heavy atom. The number of thioether (sulfide) groups is 1. The van der Waals surface area contributed by atoms with Gasteiger partial charge in [-0.1, -0.05) is 55.9 Å². The Morgan fingerprint density at radius 1 is 1.14 bits per heavy atom. The van der Waals surface area contributed by atoms with E-state index in [0.29, 0.717) is 23.2 Å². The Morgan fingerprint density at radius 3 is 2.71 bits per heavy atom. The van der Waals surface area contributed by atoms with Gasteiger partial charge in [-0.15, -0.1) is 5.10 Å². The highest BCUT2D eigenvalue weighted by atomic mass is 32.2. The molecular formula is C21H23N5OS. The third kappa shape index (κ3) is 3.80. The van der Waals surface area contributed by atoms with Gasteiger partial charge >= 0.3 is 0 Å². The SMILES string of the molecule is CC(C)c1ccc(-n2nnnc2SCCC(=O)N2CCc3ccccc32)cc1. The average Bonchev–Trinajstić information content (AvgIpc) is 3.35. The summed E-state index contributed by atoms with van der Waals surface area (Å²) >= 11 is 1.51. The lowest BCUT2D eigenvalue weighted by Crippen LogP contribution is -2.29. The van der Waals surface area contributed by atoms with Crippen molar-refractivity contribution in [2.45, 2.75) is 37.8 Å². The highest BCUT2D eigenvalue weighted by Gasteiger charge is 2.23. The second-order valence-electron chi connectivity index (χ2n) is 7.14. The summed E-state index contributed by atoms with van der Waals surface area (Å²) in [7, 11) is 0. The van der Waals surface area contributed by atoms with Crippen LogP contribution in [-0.2, 0) is 11.2 Å². The van der Waals surface area contributed by atoms with Gasteiger partial charge in [0.05, 0.1) is 5.69 Å². The number of benzene rings is 2. The zero-order valence-electron chi connectivity index (χ0n) is 16.1. The minimum atomic E-state index is 0.151. The van der Waals surface area contributed by atoms with Crippen molar-refractivity contribution in [1.82, 2.24) is 20.2 Å². The maximum absolute atomic E-state index is 12.6. The van der Waals surface area contributed by atoms with Gasteiger partial charge in [0.25, 0.3) is 0 Å². The van der Waals surface area contributed by atoms with Gasteiger partial charge in [0.1, 0.15) is 0 Å². The van der Waals surface area contributed by atoms with Crippen LogP contribution in [0.25, 0.3) is 5.69 Å². The molecule has 0 saturated carbocycles. The molecule has 0 atom stereocenters. The first-order valence-electron chi connectivity index (χ1n) is 9.53. The van der Waals surface area contributed by atoms with Crippen LogP contribution >= 0.6 is 11.8 Å². The summed E-state index contributed by atoms with van der Waals surface area (Å²) in [6.45, 7) is 5.11. The Balaban J connectivity index is 1.38. The number of tetrazole rings is 1. The molecule has 2 heterocycles. The van der Waals surface area contributed by atoms with Crippen molar-refractivity contribution < 1.29 is 4.79 Å². The summed E-state index contributed by atoms with van der Waals surface area (Å²) in [5, 5.41) is 12.7. The van der Waals surface area contributed by atoms with Crippen molar-refractivity contribution in [1.29, 1.82) is 0 Å². The van der Waals surface area contributed by atoms with Gasteiger partial charge in [-0.3, -0.25) is 4.79 Å². The number of hydrogen-bond acceptors (Lipinski definition) is 5. The zero-order chi connectivity index (χ0) is 19.5. The fourth-order valence-electron chi connectivity index (χ4n) is 3.39. The number of para-hydroxylation sites is 1. The van der Waals surface area contributed by atoms with E-state index in [0.717, 1.165) is 24.3 Å². The van der Waals surface area contributed by atoms with Crippen LogP contribution in [0.5, 0.6) is 0 Å². The molecule has 0 N–H and O–H groups in total. The molecule has 1 aromatic heterocycles. The molecule has 28 heavy (non-hydrogen) atoms. The van der Waals surface area contributed by atoms with Crippen LogP contribution in [0.2, 0.25) is 0 Å². The summed E-state index contributed by atoms with van der Waals surface area (Å²) in [5.41, 5.74) is 4.50. The summed E-state index contributed by atoms with van der Waals surface area (Å²) in [6, 6.07) is 16.4. The van der Waals surface area contributed by atoms with Crippen LogP contribution in [-0.4, -0.2) is 38.4 Å². The molecule has 6 nitrogen and oxygen atoms in total. The van der Waals surface area contributed by atoms with Crippen LogP contribution < -0.4 is 4.90 Å². The largest absolute Gasteiger partial charge is 0.312 e. The van der Waals surface area contributed by atoms with Gasteiger partial charge in [0.2, 0.25) is 11.1 Å². The topological polar surface area (TPSA) is 63.9 Å². The Bertz CT molecular complexity index is 967. The second-order valence-corrected chi connectivity index (χ2v) is 8.20. The monoisotopic (exact) mass is 393 g/mol. The van der Waals surface area contributed by atoms with Gasteiger partial charge in [-0.05, 0) is 52.1 Å². The Labute approximate surface area is 168 Å².